The van der Waals surface area contributed by atoms with Crippen molar-refractivity contribution >= 4 is 11.8 Å². The average Bonchev–Trinajstić information content (AvgIpc) is 2.82. The van der Waals surface area contributed by atoms with Crippen molar-refractivity contribution in [1.82, 2.24) is 19.7 Å². The van der Waals surface area contributed by atoms with Crippen LogP contribution in [0.1, 0.15) is 47.6 Å². The SMILES string of the molecule is Cc1c(CCC(=O)NCC(C)C)c(C(=O)N2CCN(C)CC2)c(C)n1C. The van der Waals surface area contributed by atoms with Crippen molar-refractivity contribution in [3.63, 3.8) is 0 Å². The van der Waals surface area contributed by atoms with Gasteiger partial charge >= 0.3 is 0 Å². The van der Waals surface area contributed by atoms with Gasteiger partial charge in [0.1, 0.15) is 0 Å². The lowest BCUT2D eigenvalue weighted by molar-refractivity contribution is -0.121. The van der Waals surface area contributed by atoms with Gasteiger partial charge in [0, 0.05) is 57.6 Å². The molecule has 0 atom stereocenters. The third kappa shape index (κ3) is 4.67. The lowest BCUT2D eigenvalue weighted by Crippen LogP contribution is -2.47. The molecule has 0 bridgehead atoms. The molecule has 0 unspecified atom stereocenters. The maximum Gasteiger partial charge on any atom is 0.256 e. The van der Waals surface area contributed by atoms with Crippen molar-refractivity contribution in [1.29, 1.82) is 0 Å². The fourth-order valence-corrected chi connectivity index (χ4v) is 3.42. The lowest BCUT2D eigenvalue weighted by Gasteiger charge is -2.32. The second kappa shape index (κ2) is 8.71. The molecule has 2 heterocycles. The largest absolute Gasteiger partial charge is 0.356 e. The Morgan fingerprint density at radius 2 is 1.65 bits per heavy atom. The maximum absolute atomic E-state index is 13.2. The third-order valence-electron chi connectivity index (χ3n) is 5.42. The first-order valence-electron chi connectivity index (χ1n) is 9.61. The number of carbonyl (C=O) groups is 2. The molecule has 0 saturated carbocycles. The van der Waals surface area contributed by atoms with Crippen molar-refractivity contribution in [3.05, 3.63) is 22.5 Å². The second-order valence-electron chi connectivity index (χ2n) is 7.88. The monoisotopic (exact) mass is 362 g/mol. The molecule has 1 aromatic rings. The van der Waals surface area contributed by atoms with Crippen molar-refractivity contribution in [3.8, 4) is 0 Å². The molecule has 0 aliphatic carbocycles. The summed E-state index contributed by atoms with van der Waals surface area (Å²) in [6, 6.07) is 0. The van der Waals surface area contributed by atoms with Gasteiger partial charge in [0.25, 0.3) is 5.91 Å². The van der Waals surface area contributed by atoms with Gasteiger partial charge in [-0.2, -0.15) is 0 Å². The Morgan fingerprint density at radius 1 is 1.04 bits per heavy atom. The minimum absolute atomic E-state index is 0.0533. The molecule has 26 heavy (non-hydrogen) atoms. The molecular formula is C20H34N4O2. The quantitative estimate of drug-likeness (QED) is 0.839. The van der Waals surface area contributed by atoms with Gasteiger partial charge in [0.05, 0.1) is 5.56 Å². The molecule has 1 N–H and O–H groups in total. The fraction of sp³-hybridized carbons (Fsp3) is 0.700. The normalized spacial score (nSPS) is 15.6. The van der Waals surface area contributed by atoms with Gasteiger partial charge in [-0.3, -0.25) is 9.59 Å². The predicted octanol–water partition coefficient (Wildman–Crippen LogP) is 1.73. The number of rotatable bonds is 6. The Bertz CT molecular complexity index is 655. The molecule has 1 aliphatic heterocycles. The molecule has 0 aromatic carbocycles. The summed E-state index contributed by atoms with van der Waals surface area (Å²) in [7, 11) is 4.08. The van der Waals surface area contributed by atoms with Crippen LogP contribution >= 0.6 is 0 Å². The van der Waals surface area contributed by atoms with E-state index >= 15 is 0 Å². The Morgan fingerprint density at radius 3 is 2.23 bits per heavy atom. The van der Waals surface area contributed by atoms with Gasteiger partial charge in [-0.25, -0.2) is 0 Å². The molecule has 0 radical (unpaired) electrons. The van der Waals surface area contributed by atoms with Gasteiger partial charge in [-0.05, 0) is 38.8 Å². The number of carbonyl (C=O) groups excluding carboxylic acids is 2. The highest BCUT2D eigenvalue weighted by Gasteiger charge is 2.27. The number of nitrogens with one attached hydrogen (secondary N) is 1. The van der Waals surface area contributed by atoms with Crippen LogP contribution in [0.5, 0.6) is 0 Å². The first-order chi connectivity index (χ1) is 12.2. The molecule has 0 spiro atoms. The lowest BCUT2D eigenvalue weighted by atomic mass is 10.0. The minimum atomic E-state index is 0.0533. The number of amides is 2. The number of hydrogen-bond donors (Lipinski definition) is 1. The van der Waals surface area contributed by atoms with E-state index in [9.17, 15) is 9.59 Å². The third-order valence-corrected chi connectivity index (χ3v) is 5.42. The van der Waals surface area contributed by atoms with E-state index in [0.717, 1.165) is 48.7 Å². The zero-order valence-electron chi connectivity index (χ0n) is 17.2. The van der Waals surface area contributed by atoms with Gasteiger partial charge in [0.2, 0.25) is 5.91 Å². The molecule has 1 aromatic heterocycles. The van der Waals surface area contributed by atoms with E-state index < -0.39 is 0 Å². The smallest absolute Gasteiger partial charge is 0.256 e. The molecule has 146 valence electrons. The molecule has 1 saturated heterocycles. The van der Waals surface area contributed by atoms with Crippen molar-refractivity contribution in [2.24, 2.45) is 13.0 Å². The summed E-state index contributed by atoms with van der Waals surface area (Å²) >= 11 is 0. The maximum atomic E-state index is 13.2. The molecular weight excluding hydrogens is 328 g/mol. The Balaban J connectivity index is 2.15. The number of piperazine rings is 1. The zero-order valence-corrected chi connectivity index (χ0v) is 17.2. The van der Waals surface area contributed by atoms with Crippen LogP contribution in [0.2, 0.25) is 0 Å². The van der Waals surface area contributed by atoms with E-state index in [1.54, 1.807) is 0 Å². The van der Waals surface area contributed by atoms with Crippen LogP contribution < -0.4 is 5.32 Å². The fourth-order valence-electron chi connectivity index (χ4n) is 3.42. The molecule has 6 heteroatoms. The summed E-state index contributed by atoms with van der Waals surface area (Å²) < 4.78 is 2.07. The van der Waals surface area contributed by atoms with E-state index in [4.69, 9.17) is 0 Å². The molecule has 1 aliphatic rings. The summed E-state index contributed by atoms with van der Waals surface area (Å²) in [6.45, 7) is 12.2. The molecule has 6 nitrogen and oxygen atoms in total. The zero-order chi connectivity index (χ0) is 19.4. The molecule has 2 rings (SSSR count). The van der Waals surface area contributed by atoms with E-state index in [2.05, 4.69) is 35.7 Å². The Hall–Kier alpha value is -1.82. The number of nitrogens with zero attached hydrogens (tertiary/aromatic N) is 3. The van der Waals surface area contributed by atoms with Crippen LogP contribution in [0.25, 0.3) is 0 Å². The van der Waals surface area contributed by atoms with E-state index in [1.165, 1.54) is 0 Å². The van der Waals surface area contributed by atoms with Crippen molar-refractivity contribution in [2.75, 3.05) is 39.8 Å². The van der Waals surface area contributed by atoms with Crippen molar-refractivity contribution in [2.45, 2.75) is 40.5 Å². The number of likely N-dealkylation sites (N-methyl/N-ethyl adjacent to an activating group) is 1. The Kier molecular flexibility index (Phi) is 6.87. The van der Waals surface area contributed by atoms with Crippen LogP contribution in [0.3, 0.4) is 0 Å². The van der Waals surface area contributed by atoms with Gasteiger partial charge in [-0.15, -0.1) is 0 Å². The summed E-state index contributed by atoms with van der Waals surface area (Å²) in [4.78, 5) is 29.5. The summed E-state index contributed by atoms with van der Waals surface area (Å²) in [5.41, 5.74) is 3.89. The predicted molar refractivity (Wildman–Crippen MR) is 104 cm³/mol. The average molecular weight is 363 g/mol. The first-order valence-corrected chi connectivity index (χ1v) is 9.61. The highest BCUT2D eigenvalue weighted by atomic mass is 16.2. The van der Waals surface area contributed by atoms with Gasteiger partial charge in [0.15, 0.2) is 0 Å². The first kappa shape index (κ1) is 20.5. The van der Waals surface area contributed by atoms with Crippen molar-refractivity contribution < 1.29 is 9.59 Å². The van der Waals surface area contributed by atoms with Crippen LogP contribution in [-0.4, -0.2) is 66.0 Å². The van der Waals surface area contributed by atoms with Crippen LogP contribution in [0.4, 0.5) is 0 Å². The highest BCUT2D eigenvalue weighted by molar-refractivity contribution is 5.97. The second-order valence-corrected chi connectivity index (χ2v) is 7.88. The Labute approximate surface area is 157 Å². The standard InChI is InChI=1S/C20H34N4O2/c1-14(2)13-21-18(25)8-7-17-15(3)23(6)16(4)19(17)20(26)24-11-9-22(5)10-12-24/h14H,7-13H2,1-6H3,(H,21,25). The number of aromatic nitrogens is 1. The summed E-state index contributed by atoms with van der Waals surface area (Å²) in [5, 5.41) is 2.96. The number of hydrogen-bond acceptors (Lipinski definition) is 3. The van der Waals surface area contributed by atoms with E-state index in [0.29, 0.717) is 25.3 Å². The minimum Gasteiger partial charge on any atom is -0.356 e. The summed E-state index contributed by atoms with van der Waals surface area (Å²) in [6.07, 6.45) is 1.02. The van der Waals surface area contributed by atoms with Crippen LogP contribution in [0.15, 0.2) is 0 Å². The van der Waals surface area contributed by atoms with Gasteiger partial charge < -0.3 is 19.7 Å². The molecule has 1 fully saturated rings. The van der Waals surface area contributed by atoms with Crippen LogP contribution in [-0.2, 0) is 18.3 Å². The molecule has 2 amide bonds. The summed E-state index contributed by atoms with van der Waals surface area (Å²) in [5.74, 6) is 0.600. The van der Waals surface area contributed by atoms with E-state index in [-0.39, 0.29) is 11.8 Å². The van der Waals surface area contributed by atoms with Crippen LogP contribution in [0, 0.1) is 19.8 Å². The highest BCUT2D eigenvalue weighted by Crippen LogP contribution is 2.25. The van der Waals surface area contributed by atoms with Gasteiger partial charge in [-0.1, -0.05) is 13.8 Å². The topological polar surface area (TPSA) is 57.6 Å². The van der Waals surface area contributed by atoms with E-state index in [1.807, 2.05) is 25.8 Å².